The summed E-state index contributed by atoms with van der Waals surface area (Å²) in [6.07, 6.45) is 0. The summed E-state index contributed by atoms with van der Waals surface area (Å²) in [5.41, 5.74) is 3.62. The quantitative estimate of drug-likeness (QED) is 0.666. The fraction of sp³-hybridized carbons (Fsp3) is 0.286. The van der Waals surface area contributed by atoms with Crippen LogP contribution in [0.3, 0.4) is 0 Å². The van der Waals surface area contributed by atoms with Crippen LogP contribution in [0.25, 0.3) is 0 Å². The van der Waals surface area contributed by atoms with Crippen molar-refractivity contribution in [2.45, 2.75) is 25.8 Å². The van der Waals surface area contributed by atoms with Gasteiger partial charge in [-0.25, -0.2) is 0 Å². The van der Waals surface area contributed by atoms with E-state index in [-0.39, 0.29) is 0 Å². The molecular formula is C14H14BrClOS. The molecule has 96 valence electrons. The summed E-state index contributed by atoms with van der Waals surface area (Å²) >= 11 is 10.9. The van der Waals surface area contributed by atoms with Crippen LogP contribution < -0.4 is 4.74 Å². The number of rotatable bonds is 4. The number of hydrogen-bond donors (Lipinski definition) is 0. The van der Waals surface area contributed by atoms with Crippen LogP contribution >= 0.6 is 38.9 Å². The minimum Gasteiger partial charge on any atom is -0.488 e. The smallest absolute Gasteiger partial charge is 0.125 e. The van der Waals surface area contributed by atoms with Gasteiger partial charge >= 0.3 is 0 Å². The first-order valence-corrected chi connectivity index (χ1v) is 7.95. The minimum absolute atomic E-state index is 0.576. The van der Waals surface area contributed by atoms with Crippen LogP contribution in [0.1, 0.15) is 21.6 Å². The van der Waals surface area contributed by atoms with Crippen molar-refractivity contribution >= 4 is 38.9 Å². The van der Waals surface area contributed by atoms with E-state index in [2.05, 4.69) is 41.9 Å². The lowest BCUT2D eigenvalue weighted by Crippen LogP contribution is -1.98. The first-order chi connectivity index (χ1) is 8.60. The monoisotopic (exact) mass is 344 g/mol. The topological polar surface area (TPSA) is 9.23 Å². The van der Waals surface area contributed by atoms with Crippen LogP contribution in [0, 0.1) is 13.8 Å². The predicted molar refractivity (Wildman–Crippen MR) is 82.2 cm³/mol. The highest BCUT2D eigenvalue weighted by atomic mass is 79.9. The maximum Gasteiger partial charge on any atom is 0.125 e. The van der Waals surface area contributed by atoms with Gasteiger partial charge in [0.2, 0.25) is 0 Å². The third kappa shape index (κ3) is 3.28. The maximum absolute atomic E-state index is 5.90. The van der Waals surface area contributed by atoms with E-state index in [9.17, 15) is 0 Å². The van der Waals surface area contributed by atoms with Crippen molar-refractivity contribution in [2.75, 3.05) is 0 Å². The zero-order chi connectivity index (χ0) is 13.1. The Morgan fingerprint density at radius 3 is 2.39 bits per heavy atom. The highest BCUT2D eigenvalue weighted by Gasteiger charge is 2.07. The summed E-state index contributed by atoms with van der Waals surface area (Å²) < 4.78 is 6.71. The molecule has 1 aromatic heterocycles. The fourth-order valence-electron chi connectivity index (χ4n) is 1.92. The third-order valence-electron chi connectivity index (χ3n) is 2.66. The van der Waals surface area contributed by atoms with E-state index >= 15 is 0 Å². The molecule has 2 aromatic rings. The molecule has 0 amide bonds. The molecule has 0 saturated heterocycles. The number of ether oxygens (including phenoxy) is 1. The maximum atomic E-state index is 5.90. The second-order valence-electron chi connectivity index (χ2n) is 4.19. The molecule has 0 aliphatic carbocycles. The Labute approximate surface area is 125 Å². The third-order valence-corrected chi connectivity index (χ3v) is 4.51. The second-order valence-corrected chi connectivity index (χ2v) is 6.55. The first kappa shape index (κ1) is 13.9. The molecule has 0 fully saturated rings. The van der Waals surface area contributed by atoms with Gasteiger partial charge in [-0.15, -0.1) is 11.3 Å². The summed E-state index contributed by atoms with van der Waals surface area (Å²) in [6, 6.07) is 8.21. The van der Waals surface area contributed by atoms with Crippen molar-refractivity contribution in [3.8, 4) is 5.75 Å². The highest BCUT2D eigenvalue weighted by molar-refractivity contribution is 9.08. The van der Waals surface area contributed by atoms with E-state index in [0.717, 1.165) is 20.3 Å². The number of benzene rings is 1. The number of alkyl halides is 1. The highest BCUT2D eigenvalue weighted by Crippen LogP contribution is 2.28. The standard InChI is InChI=1S/C14H14BrClOS/c1-9-5-11(7-15)6-10(2)14(9)17-8-12-3-4-13(16)18-12/h3-6H,7-8H2,1-2H3. The number of thiophene rings is 1. The van der Waals surface area contributed by atoms with Gasteiger partial charge in [0.05, 0.1) is 4.34 Å². The first-order valence-electron chi connectivity index (χ1n) is 5.63. The molecule has 0 saturated carbocycles. The van der Waals surface area contributed by atoms with Gasteiger partial charge in [-0.1, -0.05) is 39.7 Å². The number of hydrogen-bond acceptors (Lipinski definition) is 2. The van der Waals surface area contributed by atoms with Gasteiger partial charge in [-0.05, 0) is 42.7 Å². The Kier molecular flexibility index (Phi) is 4.71. The zero-order valence-corrected chi connectivity index (χ0v) is 13.5. The van der Waals surface area contributed by atoms with Crippen molar-refractivity contribution in [1.29, 1.82) is 0 Å². The Balaban J connectivity index is 2.14. The summed E-state index contributed by atoms with van der Waals surface area (Å²) in [5.74, 6) is 0.976. The molecular weight excluding hydrogens is 332 g/mol. The van der Waals surface area contributed by atoms with Crippen LogP contribution in [-0.4, -0.2) is 0 Å². The average Bonchev–Trinajstić information content (AvgIpc) is 2.73. The zero-order valence-electron chi connectivity index (χ0n) is 10.3. The van der Waals surface area contributed by atoms with E-state index in [0.29, 0.717) is 6.61 Å². The molecule has 1 aromatic carbocycles. The Morgan fingerprint density at radius 1 is 1.22 bits per heavy atom. The van der Waals surface area contributed by atoms with Crippen LogP contribution in [0.4, 0.5) is 0 Å². The normalized spacial score (nSPS) is 10.7. The van der Waals surface area contributed by atoms with Gasteiger partial charge in [-0.2, -0.15) is 0 Å². The van der Waals surface area contributed by atoms with E-state index in [1.54, 1.807) is 11.3 Å². The predicted octanol–water partition coefficient (Wildman–Crippen LogP) is 5.49. The van der Waals surface area contributed by atoms with Gasteiger partial charge in [0.15, 0.2) is 0 Å². The Hall–Kier alpha value is -0.510. The summed E-state index contributed by atoms with van der Waals surface area (Å²) in [5, 5.41) is 0.871. The number of halogens is 2. The van der Waals surface area contributed by atoms with Crippen LogP contribution in [0.2, 0.25) is 4.34 Å². The van der Waals surface area contributed by atoms with Gasteiger partial charge in [0.1, 0.15) is 12.4 Å². The molecule has 0 atom stereocenters. The summed E-state index contributed by atoms with van der Waals surface area (Å²) in [7, 11) is 0. The number of aryl methyl sites for hydroxylation is 2. The molecule has 4 heteroatoms. The van der Waals surface area contributed by atoms with Crippen molar-refractivity contribution in [3.63, 3.8) is 0 Å². The molecule has 0 aliphatic rings. The average molecular weight is 346 g/mol. The van der Waals surface area contributed by atoms with Crippen LogP contribution in [-0.2, 0) is 11.9 Å². The van der Waals surface area contributed by atoms with Gasteiger partial charge in [-0.3, -0.25) is 0 Å². The minimum atomic E-state index is 0.576. The van der Waals surface area contributed by atoms with Gasteiger partial charge in [0, 0.05) is 10.2 Å². The molecule has 0 bridgehead atoms. The summed E-state index contributed by atoms with van der Waals surface area (Å²) in [6.45, 7) is 4.73. The van der Waals surface area contributed by atoms with E-state index in [4.69, 9.17) is 16.3 Å². The van der Waals surface area contributed by atoms with E-state index < -0.39 is 0 Å². The molecule has 18 heavy (non-hydrogen) atoms. The van der Waals surface area contributed by atoms with Crippen molar-refractivity contribution < 1.29 is 4.74 Å². The Bertz CT molecular complexity index is 527. The van der Waals surface area contributed by atoms with Crippen LogP contribution in [0.15, 0.2) is 24.3 Å². The summed E-state index contributed by atoms with van der Waals surface area (Å²) in [4.78, 5) is 1.14. The fourth-order valence-corrected chi connectivity index (χ4v) is 3.24. The van der Waals surface area contributed by atoms with Crippen molar-refractivity contribution in [3.05, 3.63) is 50.2 Å². The molecule has 0 spiro atoms. The molecule has 0 radical (unpaired) electrons. The molecule has 1 heterocycles. The molecule has 0 unspecified atom stereocenters. The lowest BCUT2D eigenvalue weighted by Gasteiger charge is -2.12. The Morgan fingerprint density at radius 2 is 1.89 bits per heavy atom. The van der Waals surface area contributed by atoms with E-state index in [1.165, 1.54) is 16.7 Å². The SMILES string of the molecule is Cc1cc(CBr)cc(C)c1OCc1ccc(Cl)s1. The lowest BCUT2D eigenvalue weighted by atomic mass is 10.1. The molecule has 1 nitrogen and oxygen atoms in total. The molecule has 2 rings (SSSR count). The van der Waals surface area contributed by atoms with Gasteiger partial charge < -0.3 is 4.74 Å². The van der Waals surface area contributed by atoms with Gasteiger partial charge in [0.25, 0.3) is 0 Å². The largest absolute Gasteiger partial charge is 0.488 e. The van der Waals surface area contributed by atoms with E-state index in [1.807, 2.05) is 12.1 Å². The second kappa shape index (κ2) is 6.09. The molecule has 0 aliphatic heterocycles. The van der Waals surface area contributed by atoms with Crippen molar-refractivity contribution in [2.24, 2.45) is 0 Å². The lowest BCUT2D eigenvalue weighted by molar-refractivity contribution is 0.305. The molecule has 0 N–H and O–H groups in total. The van der Waals surface area contributed by atoms with Crippen LogP contribution in [0.5, 0.6) is 5.75 Å². The van der Waals surface area contributed by atoms with Crippen molar-refractivity contribution in [1.82, 2.24) is 0 Å².